The van der Waals surface area contributed by atoms with Gasteiger partial charge < -0.3 is 14.8 Å². The minimum absolute atomic E-state index is 0.0610. The topological polar surface area (TPSA) is 84.9 Å². The van der Waals surface area contributed by atoms with Gasteiger partial charge in [-0.25, -0.2) is 8.42 Å². The van der Waals surface area contributed by atoms with E-state index >= 15 is 0 Å². The molecule has 1 aliphatic rings. The average molecular weight is 490 g/mol. The lowest BCUT2D eigenvalue weighted by molar-refractivity contribution is 0.0730. The molecule has 150 valence electrons. The highest BCUT2D eigenvalue weighted by molar-refractivity contribution is 9.10. The molecule has 1 heterocycles. The van der Waals surface area contributed by atoms with Crippen LogP contribution in [0.15, 0.2) is 45.8 Å². The number of anilines is 1. The fourth-order valence-corrected chi connectivity index (χ4v) is 4.74. The largest absolute Gasteiger partial charge is 0.495 e. The van der Waals surface area contributed by atoms with Gasteiger partial charge in [0.15, 0.2) is 0 Å². The minimum Gasteiger partial charge on any atom is -0.495 e. The van der Waals surface area contributed by atoms with Crippen LogP contribution in [0.3, 0.4) is 0 Å². The Morgan fingerprint density at radius 3 is 2.61 bits per heavy atom. The molecule has 3 rings (SSSR count). The molecule has 28 heavy (non-hydrogen) atoms. The molecule has 0 aliphatic carbocycles. The number of amides is 1. The molecule has 0 saturated carbocycles. The molecule has 1 N–H and O–H groups in total. The number of hydrogen-bond donors (Lipinski definition) is 1. The van der Waals surface area contributed by atoms with Crippen molar-refractivity contribution >= 4 is 49.1 Å². The van der Waals surface area contributed by atoms with E-state index in [0.717, 1.165) is 0 Å². The average Bonchev–Trinajstić information content (AvgIpc) is 2.70. The summed E-state index contributed by atoms with van der Waals surface area (Å²) in [6.07, 6.45) is 0. The van der Waals surface area contributed by atoms with E-state index in [2.05, 4.69) is 21.2 Å². The number of halogens is 2. The van der Waals surface area contributed by atoms with Gasteiger partial charge in [-0.1, -0.05) is 27.5 Å². The molecule has 10 heteroatoms. The van der Waals surface area contributed by atoms with E-state index in [1.807, 2.05) is 0 Å². The van der Waals surface area contributed by atoms with Crippen molar-refractivity contribution in [3.63, 3.8) is 0 Å². The zero-order valence-electron chi connectivity index (χ0n) is 14.9. The van der Waals surface area contributed by atoms with Gasteiger partial charge in [-0.15, -0.1) is 0 Å². The van der Waals surface area contributed by atoms with Crippen molar-refractivity contribution in [1.29, 1.82) is 0 Å². The van der Waals surface area contributed by atoms with Crippen molar-refractivity contribution in [2.75, 3.05) is 38.7 Å². The second-order valence-electron chi connectivity index (χ2n) is 5.96. The molecule has 1 aliphatic heterocycles. The van der Waals surface area contributed by atoms with E-state index < -0.39 is 15.9 Å². The first-order chi connectivity index (χ1) is 13.3. The first-order valence-corrected chi connectivity index (χ1v) is 11.0. The highest BCUT2D eigenvalue weighted by Crippen LogP contribution is 2.30. The fourth-order valence-electron chi connectivity index (χ4n) is 2.74. The molecular formula is C18H18BrClN2O5S. The van der Waals surface area contributed by atoms with Gasteiger partial charge in [0.2, 0.25) is 10.0 Å². The lowest BCUT2D eigenvalue weighted by Crippen LogP contribution is -2.40. The third-order valence-electron chi connectivity index (χ3n) is 4.20. The van der Waals surface area contributed by atoms with E-state index in [-0.39, 0.29) is 34.3 Å². The lowest BCUT2D eigenvalue weighted by Gasteiger charge is -2.26. The zero-order chi connectivity index (χ0) is 20.3. The summed E-state index contributed by atoms with van der Waals surface area (Å²) in [7, 11) is -2.27. The van der Waals surface area contributed by atoms with Gasteiger partial charge in [0.05, 0.1) is 41.5 Å². The Morgan fingerprint density at radius 2 is 1.93 bits per heavy atom. The monoisotopic (exact) mass is 488 g/mol. The van der Waals surface area contributed by atoms with E-state index in [9.17, 15) is 13.2 Å². The number of benzene rings is 2. The highest BCUT2D eigenvalue weighted by atomic mass is 79.9. The normalized spacial score (nSPS) is 15.2. The SMILES string of the molecule is COc1ccc(S(=O)(=O)N2CCOCC2)cc1NC(=O)c1cc(Br)ccc1Cl. The molecule has 2 aromatic rings. The molecule has 0 atom stereocenters. The van der Waals surface area contributed by atoms with Crippen LogP contribution in [0, 0.1) is 0 Å². The summed E-state index contributed by atoms with van der Waals surface area (Å²) in [4.78, 5) is 12.7. The van der Waals surface area contributed by atoms with Crippen molar-refractivity contribution in [3.8, 4) is 5.75 Å². The second kappa shape index (κ2) is 8.79. The van der Waals surface area contributed by atoms with Crippen LogP contribution >= 0.6 is 27.5 Å². The maximum atomic E-state index is 12.9. The Morgan fingerprint density at radius 1 is 1.21 bits per heavy atom. The van der Waals surface area contributed by atoms with Crippen LogP contribution in [0.2, 0.25) is 5.02 Å². The van der Waals surface area contributed by atoms with Gasteiger partial charge in [-0.2, -0.15) is 4.31 Å². The Labute approximate surface area is 176 Å². The van der Waals surface area contributed by atoms with Crippen LogP contribution in [0.25, 0.3) is 0 Å². The number of sulfonamides is 1. The second-order valence-corrected chi connectivity index (χ2v) is 9.22. The van der Waals surface area contributed by atoms with Crippen molar-refractivity contribution in [3.05, 3.63) is 51.5 Å². The fraction of sp³-hybridized carbons (Fsp3) is 0.278. The van der Waals surface area contributed by atoms with Crippen LogP contribution in [-0.4, -0.2) is 52.0 Å². The van der Waals surface area contributed by atoms with Crippen LogP contribution in [0.1, 0.15) is 10.4 Å². The van der Waals surface area contributed by atoms with Crippen molar-refractivity contribution in [2.24, 2.45) is 0 Å². The minimum atomic E-state index is -3.71. The maximum absolute atomic E-state index is 12.9. The summed E-state index contributed by atoms with van der Waals surface area (Å²) in [5, 5.41) is 2.96. The molecule has 0 unspecified atom stereocenters. The number of morpholine rings is 1. The number of carbonyl (C=O) groups is 1. The van der Waals surface area contributed by atoms with Crippen LogP contribution in [0.5, 0.6) is 5.75 Å². The molecule has 1 fully saturated rings. The molecule has 2 aromatic carbocycles. The molecule has 0 spiro atoms. The maximum Gasteiger partial charge on any atom is 0.257 e. The zero-order valence-corrected chi connectivity index (χ0v) is 18.1. The van der Waals surface area contributed by atoms with Gasteiger partial charge in [-0.05, 0) is 36.4 Å². The van der Waals surface area contributed by atoms with E-state index in [1.165, 1.54) is 29.6 Å². The van der Waals surface area contributed by atoms with Gasteiger partial charge in [-0.3, -0.25) is 4.79 Å². The van der Waals surface area contributed by atoms with Crippen molar-refractivity contribution < 1.29 is 22.7 Å². The Bertz CT molecular complexity index is 993. The number of rotatable bonds is 5. The van der Waals surface area contributed by atoms with Gasteiger partial charge >= 0.3 is 0 Å². The number of carbonyl (C=O) groups excluding carboxylic acids is 1. The lowest BCUT2D eigenvalue weighted by atomic mass is 10.2. The Balaban J connectivity index is 1.93. The standard InChI is InChI=1S/C18H18BrClN2O5S/c1-26-17-5-3-13(28(24,25)22-6-8-27-9-7-22)11-16(17)21-18(23)14-10-12(19)2-4-15(14)20/h2-5,10-11H,6-9H2,1H3,(H,21,23). The Hall–Kier alpha value is -1.65. The van der Waals surface area contributed by atoms with Gasteiger partial charge in [0.25, 0.3) is 5.91 Å². The summed E-state index contributed by atoms with van der Waals surface area (Å²) in [6.45, 7) is 1.26. The van der Waals surface area contributed by atoms with Gasteiger partial charge in [0, 0.05) is 17.6 Å². The number of nitrogens with one attached hydrogen (secondary N) is 1. The smallest absolute Gasteiger partial charge is 0.257 e. The van der Waals surface area contributed by atoms with Gasteiger partial charge in [0.1, 0.15) is 5.75 Å². The predicted molar refractivity (Wildman–Crippen MR) is 110 cm³/mol. The molecule has 1 saturated heterocycles. The number of ether oxygens (including phenoxy) is 2. The third kappa shape index (κ3) is 4.49. The Kier molecular flexibility index (Phi) is 6.61. The molecule has 0 aromatic heterocycles. The predicted octanol–water partition coefficient (Wildman–Crippen LogP) is 3.38. The molecular weight excluding hydrogens is 472 g/mol. The van der Waals surface area contributed by atoms with Crippen molar-refractivity contribution in [1.82, 2.24) is 4.31 Å². The van der Waals surface area contributed by atoms with E-state index in [0.29, 0.717) is 23.4 Å². The molecule has 0 bridgehead atoms. The first-order valence-electron chi connectivity index (χ1n) is 8.35. The number of hydrogen-bond acceptors (Lipinski definition) is 5. The quantitative estimate of drug-likeness (QED) is 0.696. The van der Waals surface area contributed by atoms with Crippen molar-refractivity contribution in [2.45, 2.75) is 4.90 Å². The highest BCUT2D eigenvalue weighted by Gasteiger charge is 2.27. The number of nitrogens with zero attached hydrogens (tertiary/aromatic N) is 1. The first kappa shape index (κ1) is 21.1. The molecule has 7 nitrogen and oxygen atoms in total. The summed E-state index contributed by atoms with van der Waals surface area (Å²) in [5.74, 6) is -0.147. The summed E-state index contributed by atoms with van der Waals surface area (Å²) in [5.41, 5.74) is 0.484. The van der Waals surface area contributed by atoms with Crippen LogP contribution < -0.4 is 10.1 Å². The molecule has 1 amide bonds. The molecule has 0 radical (unpaired) electrons. The summed E-state index contributed by atoms with van der Waals surface area (Å²) < 4.78 is 38.3. The third-order valence-corrected chi connectivity index (χ3v) is 6.92. The number of methoxy groups -OCH3 is 1. The van der Waals surface area contributed by atoms with E-state index in [1.54, 1.807) is 18.2 Å². The summed E-state index contributed by atoms with van der Waals surface area (Å²) >= 11 is 9.41. The van der Waals surface area contributed by atoms with Crippen LogP contribution in [0.4, 0.5) is 5.69 Å². The van der Waals surface area contributed by atoms with Crippen LogP contribution in [-0.2, 0) is 14.8 Å². The van der Waals surface area contributed by atoms with E-state index in [4.69, 9.17) is 21.1 Å². The summed E-state index contributed by atoms with van der Waals surface area (Å²) in [6, 6.07) is 9.23.